The Labute approximate surface area is 80.1 Å². The molecule has 0 radical (unpaired) electrons. The summed E-state index contributed by atoms with van der Waals surface area (Å²) in [7, 11) is 0. The largest absolute Gasteiger partial charge is 0.313 e. The molecule has 0 bridgehead atoms. The maximum absolute atomic E-state index is 12.6. The SMILES string of the molecule is CCNCc1ccc(F)cc1Br. The summed E-state index contributed by atoms with van der Waals surface area (Å²) < 4.78 is 13.4. The summed E-state index contributed by atoms with van der Waals surface area (Å²) in [5.74, 6) is -0.206. The minimum absolute atomic E-state index is 0.206. The van der Waals surface area contributed by atoms with Gasteiger partial charge in [0, 0.05) is 11.0 Å². The number of rotatable bonds is 3. The van der Waals surface area contributed by atoms with Gasteiger partial charge in [0.05, 0.1) is 0 Å². The zero-order valence-electron chi connectivity index (χ0n) is 6.90. The molecule has 1 aromatic carbocycles. The average Bonchev–Trinajstić information content (AvgIpc) is 2.03. The van der Waals surface area contributed by atoms with Crippen LogP contribution < -0.4 is 5.32 Å². The molecule has 0 aliphatic carbocycles. The van der Waals surface area contributed by atoms with Crippen molar-refractivity contribution >= 4 is 15.9 Å². The highest BCUT2D eigenvalue weighted by Crippen LogP contribution is 2.17. The molecule has 0 saturated heterocycles. The molecule has 0 atom stereocenters. The van der Waals surface area contributed by atoms with E-state index < -0.39 is 0 Å². The molecule has 0 heterocycles. The first-order valence-electron chi connectivity index (χ1n) is 3.88. The quantitative estimate of drug-likeness (QED) is 0.844. The van der Waals surface area contributed by atoms with Gasteiger partial charge >= 0.3 is 0 Å². The van der Waals surface area contributed by atoms with E-state index in [9.17, 15) is 4.39 Å². The molecule has 0 aromatic heterocycles. The number of halogens is 2. The second-order valence-corrected chi connectivity index (χ2v) is 3.37. The monoisotopic (exact) mass is 231 g/mol. The van der Waals surface area contributed by atoms with Crippen LogP contribution in [-0.2, 0) is 6.54 Å². The molecule has 0 fully saturated rings. The van der Waals surface area contributed by atoms with Crippen LogP contribution >= 0.6 is 15.9 Å². The number of benzene rings is 1. The van der Waals surface area contributed by atoms with Gasteiger partial charge in [0.25, 0.3) is 0 Å². The number of hydrogen-bond acceptors (Lipinski definition) is 1. The molecule has 0 aliphatic heterocycles. The normalized spacial score (nSPS) is 10.2. The molecule has 1 N–H and O–H groups in total. The van der Waals surface area contributed by atoms with Crippen molar-refractivity contribution in [2.24, 2.45) is 0 Å². The topological polar surface area (TPSA) is 12.0 Å². The van der Waals surface area contributed by atoms with Gasteiger partial charge in [-0.1, -0.05) is 28.9 Å². The fraction of sp³-hybridized carbons (Fsp3) is 0.333. The van der Waals surface area contributed by atoms with Crippen molar-refractivity contribution in [2.75, 3.05) is 6.54 Å². The molecule has 3 heteroatoms. The Morgan fingerprint density at radius 2 is 2.25 bits per heavy atom. The standard InChI is InChI=1S/C9H11BrFN/c1-2-12-6-7-3-4-8(11)5-9(7)10/h3-5,12H,2,6H2,1H3. The zero-order valence-corrected chi connectivity index (χ0v) is 8.49. The lowest BCUT2D eigenvalue weighted by molar-refractivity contribution is 0.624. The van der Waals surface area contributed by atoms with Crippen LogP contribution in [0.5, 0.6) is 0 Å². The molecule has 66 valence electrons. The predicted octanol–water partition coefficient (Wildman–Crippen LogP) is 2.70. The van der Waals surface area contributed by atoms with Gasteiger partial charge in [-0.15, -0.1) is 0 Å². The van der Waals surface area contributed by atoms with Crippen LogP contribution in [0.3, 0.4) is 0 Å². The third kappa shape index (κ3) is 2.57. The fourth-order valence-electron chi connectivity index (χ4n) is 0.925. The minimum atomic E-state index is -0.206. The Morgan fingerprint density at radius 3 is 2.83 bits per heavy atom. The van der Waals surface area contributed by atoms with Gasteiger partial charge in [-0.3, -0.25) is 0 Å². The Bertz CT molecular complexity index is 263. The second-order valence-electron chi connectivity index (χ2n) is 2.52. The van der Waals surface area contributed by atoms with Crippen LogP contribution in [0, 0.1) is 5.82 Å². The average molecular weight is 232 g/mol. The van der Waals surface area contributed by atoms with Crippen molar-refractivity contribution in [3.05, 3.63) is 34.1 Å². The van der Waals surface area contributed by atoms with E-state index in [0.29, 0.717) is 0 Å². The molecular formula is C9H11BrFN. The Balaban J connectivity index is 2.72. The third-order valence-corrected chi connectivity index (χ3v) is 2.32. The van der Waals surface area contributed by atoms with Gasteiger partial charge in [0.15, 0.2) is 0 Å². The predicted molar refractivity (Wildman–Crippen MR) is 51.5 cm³/mol. The molecule has 0 aliphatic rings. The maximum Gasteiger partial charge on any atom is 0.124 e. The Kier molecular flexibility index (Phi) is 3.69. The summed E-state index contributed by atoms with van der Waals surface area (Å²) in [6.45, 7) is 3.73. The van der Waals surface area contributed by atoms with E-state index in [2.05, 4.69) is 21.2 Å². The van der Waals surface area contributed by atoms with E-state index in [4.69, 9.17) is 0 Å². The van der Waals surface area contributed by atoms with Crippen LogP contribution in [0.2, 0.25) is 0 Å². The first kappa shape index (κ1) is 9.68. The molecular weight excluding hydrogens is 221 g/mol. The molecule has 1 rings (SSSR count). The highest BCUT2D eigenvalue weighted by molar-refractivity contribution is 9.10. The first-order valence-corrected chi connectivity index (χ1v) is 4.68. The third-order valence-electron chi connectivity index (χ3n) is 1.58. The van der Waals surface area contributed by atoms with E-state index in [0.717, 1.165) is 23.1 Å². The Morgan fingerprint density at radius 1 is 1.50 bits per heavy atom. The van der Waals surface area contributed by atoms with Crippen LogP contribution in [0.25, 0.3) is 0 Å². The summed E-state index contributed by atoms with van der Waals surface area (Å²) in [5.41, 5.74) is 1.08. The number of nitrogens with one attached hydrogen (secondary N) is 1. The summed E-state index contributed by atoms with van der Waals surface area (Å²) >= 11 is 3.30. The van der Waals surface area contributed by atoms with Gasteiger partial charge in [0.1, 0.15) is 5.82 Å². The lowest BCUT2D eigenvalue weighted by Crippen LogP contribution is -2.12. The molecule has 0 spiro atoms. The molecule has 0 amide bonds. The van der Waals surface area contributed by atoms with Gasteiger partial charge < -0.3 is 5.32 Å². The smallest absolute Gasteiger partial charge is 0.124 e. The van der Waals surface area contributed by atoms with Crippen molar-refractivity contribution < 1.29 is 4.39 Å². The van der Waals surface area contributed by atoms with Crippen LogP contribution in [0.4, 0.5) is 4.39 Å². The van der Waals surface area contributed by atoms with Gasteiger partial charge in [0.2, 0.25) is 0 Å². The minimum Gasteiger partial charge on any atom is -0.313 e. The van der Waals surface area contributed by atoms with Crippen LogP contribution in [0.15, 0.2) is 22.7 Å². The highest BCUT2D eigenvalue weighted by atomic mass is 79.9. The van der Waals surface area contributed by atoms with Crippen molar-refractivity contribution in [3.8, 4) is 0 Å². The van der Waals surface area contributed by atoms with Crippen LogP contribution in [0.1, 0.15) is 12.5 Å². The molecule has 12 heavy (non-hydrogen) atoms. The van der Waals surface area contributed by atoms with E-state index in [-0.39, 0.29) is 5.82 Å². The molecule has 1 aromatic rings. The fourth-order valence-corrected chi connectivity index (χ4v) is 1.42. The van der Waals surface area contributed by atoms with Gasteiger partial charge in [-0.05, 0) is 24.2 Å². The van der Waals surface area contributed by atoms with Gasteiger partial charge in [-0.2, -0.15) is 0 Å². The first-order chi connectivity index (χ1) is 5.74. The molecule has 0 unspecified atom stereocenters. The van der Waals surface area contributed by atoms with Crippen LogP contribution in [-0.4, -0.2) is 6.54 Å². The summed E-state index contributed by atoms with van der Waals surface area (Å²) in [6.07, 6.45) is 0. The summed E-state index contributed by atoms with van der Waals surface area (Å²) in [6, 6.07) is 4.73. The van der Waals surface area contributed by atoms with Crippen molar-refractivity contribution in [1.29, 1.82) is 0 Å². The zero-order chi connectivity index (χ0) is 8.97. The molecule has 1 nitrogen and oxygen atoms in total. The van der Waals surface area contributed by atoms with E-state index in [1.165, 1.54) is 12.1 Å². The lowest BCUT2D eigenvalue weighted by atomic mass is 10.2. The van der Waals surface area contributed by atoms with E-state index in [1.807, 2.05) is 6.92 Å². The highest BCUT2D eigenvalue weighted by Gasteiger charge is 1.99. The summed E-state index contributed by atoms with van der Waals surface area (Å²) in [4.78, 5) is 0. The summed E-state index contributed by atoms with van der Waals surface area (Å²) in [5, 5.41) is 3.17. The van der Waals surface area contributed by atoms with Gasteiger partial charge in [-0.25, -0.2) is 4.39 Å². The van der Waals surface area contributed by atoms with E-state index in [1.54, 1.807) is 6.07 Å². The maximum atomic E-state index is 12.6. The second kappa shape index (κ2) is 4.58. The lowest BCUT2D eigenvalue weighted by Gasteiger charge is -2.04. The molecule has 0 saturated carbocycles. The van der Waals surface area contributed by atoms with Crippen molar-refractivity contribution in [1.82, 2.24) is 5.32 Å². The van der Waals surface area contributed by atoms with Crippen molar-refractivity contribution in [2.45, 2.75) is 13.5 Å². The van der Waals surface area contributed by atoms with E-state index >= 15 is 0 Å². The Hall–Kier alpha value is -0.410. The number of hydrogen-bond donors (Lipinski definition) is 1. The van der Waals surface area contributed by atoms with Crippen molar-refractivity contribution in [3.63, 3.8) is 0 Å².